The molecule has 0 heterocycles. The van der Waals surface area contributed by atoms with Gasteiger partial charge in [-0.25, -0.2) is 0 Å². The molecule has 0 aromatic carbocycles. The highest BCUT2D eigenvalue weighted by atomic mass is 79.9. The van der Waals surface area contributed by atoms with Crippen LogP contribution in [-0.2, 0) is 4.79 Å². The van der Waals surface area contributed by atoms with Crippen LogP contribution >= 0.6 is 15.9 Å². The van der Waals surface area contributed by atoms with Crippen LogP contribution in [0.5, 0.6) is 0 Å². The molecule has 0 saturated heterocycles. The third-order valence-electron chi connectivity index (χ3n) is 8.34. The molecule has 4 rings (SSSR count). The average Bonchev–Trinajstić information content (AvgIpc) is 2.72. The number of hydrogen-bond donors (Lipinski definition) is 1. The van der Waals surface area contributed by atoms with Gasteiger partial charge in [0.15, 0.2) is 5.78 Å². The summed E-state index contributed by atoms with van der Waals surface area (Å²) < 4.78 is 0. The zero-order chi connectivity index (χ0) is 15.7. The number of carbonyl (C=O) groups is 1. The molecule has 0 amide bonds. The van der Waals surface area contributed by atoms with E-state index < -0.39 is 0 Å². The van der Waals surface area contributed by atoms with Gasteiger partial charge in [-0.1, -0.05) is 29.8 Å². The fourth-order valence-corrected chi connectivity index (χ4v) is 7.91. The predicted octanol–water partition coefficient (Wildman–Crippen LogP) is 4.33. The second-order valence-electron chi connectivity index (χ2n) is 9.11. The second-order valence-corrected chi connectivity index (χ2v) is 10.2. The first-order valence-corrected chi connectivity index (χ1v) is 10.1. The molecule has 0 spiro atoms. The Kier molecular flexibility index (Phi) is 3.59. The van der Waals surface area contributed by atoms with Crippen LogP contribution in [0.1, 0.15) is 65.2 Å². The molecule has 4 fully saturated rings. The van der Waals surface area contributed by atoms with Gasteiger partial charge in [0.2, 0.25) is 0 Å². The number of fused-ring (bicyclic) bond motifs is 5. The number of ketones is 1. The van der Waals surface area contributed by atoms with Gasteiger partial charge < -0.3 is 5.11 Å². The topological polar surface area (TPSA) is 37.3 Å². The van der Waals surface area contributed by atoms with Crippen LogP contribution in [0, 0.1) is 34.5 Å². The lowest BCUT2D eigenvalue weighted by Gasteiger charge is -2.60. The fraction of sp³-hybridized carbons (Fsp3) is 0.947. The summed E-state index contributed by atoms with van der Waals surface area (Å²) in [4.78, 5) is 12.8. The smallest absolute Gasteiger partial charge is 0.152 e. The van der Waals surface area contributed by atoms with Crippen molar-refractivity contribution < 1.29 is 9.90 Å². The number of alkyl halides is 1. The van der Waals surface area contributed by atoms with E-state index in [1.54, 1.807) is 0 Å². The van der Waals surface area contributed by atoms with Crippen LogP contribution in [0.25, 0.3) is 0 Å². The van der Waals surface area contributed by atoms with Gasteiger partial charge in [0, 0.05) is 5.41 Å². The van der Waals surface area contributed by atoms with E-state index in [0.29, 0.717) is 23.0 Å². The molecular weight excluding hydrogens is 340 g/mol. The first kappa shape index (κ1) is 15.6. The van der Waals surface area contributed by atoms with Crippen molar-refractivity contribution in [3.05, 3.63) is 0 Å². The molecule has 22 heavy (non-hydrogen) atoms. The molecule has 2 nitrogen and oxygen atoms in total. The highest BCUT2D eigenvalue weighted by Crippen LogP contribution is 2.65. The number of aliphatic hydroxyl groups excluding tert-OH is 1. The summed E-state index contributed by atoms with van der Waals surface area (Å²) in [6.45, 7) is 4.75. The molecule has 4 aliphatic rings. The minimum absolute atomic E-state index is 0.0628. The van der Waals surface area contributed by atoms with Crippen molar-refractivity contribution >= 4 is 21.7 Å². The Morgan fingerprint density at radius 3 is 2.59 bits per heavy atom. The maximum Gasteiger partial charge on any atom is 0.152 e. The van der Waals surface area contributed by atoms with Gasteiger partial charge in [0.25, 0.3) is 0 Å². The van der Waals surface area contributed by atoms with Gasteiger partial charge in [-0.15, -0.1) is 0 Å². The van der Waals surface area contributed by atoms with Gasteiger partial charge in [0.05, 0.1) is 10.9 Å². The van der Waals surface area contributed by atoms with E-state index in [1.165, 1.54) is 25.7 Å². The molecule has 0 aromatic heterocycles. The minimum Gasteiger partial charge on any atom is -0.393 e. The third-order valence-corrected chi connectivity index (χ3v) is 9.13. The van der Waals surface area contributed by atoms with Crippen molar-refractivity contribution in [1.82, 2.24) is 0 Å². The summed E-state index contributed by atoms with van der Waals surface area (Å²) in [5.74, 6) is 3.29. The van der Waals surface area contributed by atoms with E-state index in [9.17, 15) is 9.90 Å². The highest BCUT2D eigenvalue weighted by molar-refractivity contribution is 9.10. The van der Waals surface area contributed by atoms with Gasteiger partial charge in [-0.3, -0.25) is 4.79 Å². The van der Waals surface area contributed by atoms with E-state index in [-0.39, 0.29) is 16.3 Å². The van der Waals surface area contributed by atoms with Gasteiger partial charge in [-0.2, -0.15) is 0 Å². The fourth-order valence-electron chi connectivity index (χ4n) is 6.98. The average molecular weight is 369 g/mol. The SMILES string of the molecule is C[C@]12CCC(O)CC1CC[C@@H]1[C@@H]2CC[C@]2(C)C(=O)[C@H](Br)C[C@@H]12. The Hall–Kier alpha value is 0.110. The summed E-state index contributed by atoms with van der Waals surface area (Å²) in [6, 6.07) is 0. The van der Waals surface area contributed by atoms with E-state index in [1.807, 2.05) is 0 Å². The van der Waals surface area contributed by atoms with E-state index in [4.69, 9.17) is 0 Å². The zero-order valence-electron chi connectivity index (χ0n) is 13.9. The summed E-state index contributed by atoms with van der Waals surface area (Å²) in [6.07, 6.45) is 9.04. The van der Waals surface area contributed by atoms with Gasteiger partial charge in [0.1, 0.15) is 0 Å². The Morgan fingerprint density at radius 1 is 1.05 bits per heavy atom. The van der Waals surface area contributed by atoms with Crippen LogP contribution < -0.4 is 0 Å². The first-order valence-electron chi connectivity index (χ1n) is 9.23. The van der Waals surface area contributed by atoms with Crippen LogP contribution in [0.3, 0.4) is 0 Å². The molecule has 4 aliphatic carbocycles. The quantitative estimate of drug-likeness (QED) is 0.646. The van der Waals surface area contributed by atoms with Crippen LogP contribution in [0.15, 0.2) is 0 Å². The summed E-state index contributed by atoms with van der Waals surface area (Å²) >= 11 is 3.65. The number of hydrogen-bond acceptors (Lipinski definition) is 2. The molecule has 0 radical (unpaired) electrons. The molecule has 8 atom stereocenters. The number of halogens is 1. The molecule has 0 aromatic rings. The Morgan fingerprint density at radius 2 is 1.82 bits per heavy atom. The number of aliphatic hydroxyl groups is 1. The van der Waals surface area contributed by atoms with Gasteiger partial charge >= 0.3 is 0 Å². The maximum absolute atomic E-state index is 12.7. The van der Waals surface area contributed by atoms with E-state index in [2.05, 4.69) is 29.8 Å². The van der Waals surface area contributed by atoms with Crippen molar-refractivity contribution in [2.75, 3.05) is 0 Å². The number of Topliss-reactive ketones (excluding diaryl/α,β-unsaturated/α-hetero) is 1. The van der Waals surface area contributed by atoms with Crippen molar-refractivity contribution in [2.45, 2.75) is 76.1 Å². The van der Waals surface area contributed by atoms with E-state index >= 15 is 0 Å². The first-order chi connectivity index (χ1) is 10.4. The molecule has 0 aliphatic heterocycles. The highest BCUT2D eigenvalue weighted by Gasteiger charge is 2.61. The van der Waals surface area contributed by atoms with Crippen molar-refractivity contribution in [3.8, 4) is 0 Å². The summed E-state index contributed by atoms with van der Waals surface area (Å²) in [7, 11) is 0. The minimum atomic E-state index is -0.0662. The third kappa shape index (κ3) is 1.97. The molecule has 3 heteroatoms. The monoisotopic (exact) mass is 368 g/mol. The lowest BCUT2D eigenvalue weighted by Crippen LogP contribution is -2.54. The standard InChI is InChI=1S/C19H29BrO2/c1-18-7-5-12(21)9-11(18)3-4-13-14(18)6-8-19(2)15(13)10-16(20)17(19)22/h11-16,21H,3-10H2,1-2H3/t11?,12?,13-,14+,15+,16-,18+,19+/m1/s1. The molecule has 2 unspecified atom stereocenters. The summed E-state index contributed by atoms with van der Waals surface area (Å²) in [5, 5.41) is 10.1. The zero-order valence-corrected chi connectivity index (χ0v) is 15.4. The predicted molar refractivity (Wildman–Crippen MR) is 90.8 cm³/mol. The van der Waals surface area contributed by atoms with Crippen molar-refractivity contribution in [3.63, 3.8) is 0 Å². The van der Waals surface area contributed by atoms with Crippen LogP contribution in [-0.4, -0.2) is 21.8 Å². The Bertz CT molecular complexity index is 492. The normalized spacial score (nSPS) is 57.9. The van der Waals surface area contributed by atoms with Crippen LogP contribution in [0.2, 0.25) is 0 Å². The van der Waals surface area contributed by atoms with E-state index in [0.717, 1.165) is 37.5 Å². The largest absolute Gasteiger partial charge is 0.393 e. The van der Waals surface area contributed by atoms with Crippen LogP contribution in [0.4, 0.5) is 0 Å². The van der Waals surface area contributed by atoms with Crippen molar-refractivity contribution in [2.24, 2.45) is 34.5 Å². The second kappa shape index (κ2) is 5.05. The molecule has 4 saturated carbocycles. The molecule has 124 valence electrons. The molecular formula is C19H29BrO2. The lowest BCUT2D eigenvalue weighted by molar-refractivity contribution is -0.142. The number of carbonyl (C=O) groups excluding carboxylic acids is 1. The Labute approximate surface area is 142 Å². The molecule has 0 bridgehead atoms. The Balaban J connectivity index is 1.64. The van der Waals surface area contributed by atoms with Crippen molar-refractivity contribution in [1.29, 1.82) is 0 Å². The van der Waals surface area contributed by atoms with Gasteiger partial charge in [-0.05, 0) is 80.5 Å². The summed E-state index contributed by atoms with van der Waals surface area (Å²) in [5.41, 5.74) is 0.351. The molecule has 1 N–H and O–H groups in total. The maximum atomic E-state index is 12.7. The lowest BCUT2D eigenvalue weighted by atomic mass is 9.45. The number of rotatable bonds is 0.